The summed E-state index contributed by atoms with van der Waals surface area (Å²) >= 11 is 7.12. The lowest BCUT2D eigenvalue weighted by Crippen LogP contribution is -2.20. The van der Waals surface area contributed by atoms with Gasteiger partial charge in [0, 0.05) is 22.7 Å². The van der Waals surface area contributed by atoms with Crippen molar-refractivity contribution in [3.63, 3.8) is 0 Å². The van der Waals surface area contributed by atoms with Gasteiger partial charge in [0.15, 0.2) is 0 Å². The van der Waals surface area contributed by atoms with Crippen LogP contribution in [0.25, 0.3) is 0 Å². The van der Waals surface area contributed by atoms with Crippen molar-refractivity contribution in [1.82, 2.24) is 0 Å². The van der Waals surface area contributed by atoms with Crippen LogP contribution < -0.4 is 10.5 Å². The van der Waals surface area contributed by atoms with Crippen molar-refractivity contribution in [2.24, 2.45) is 5.73 Å². The Hall–Kier alpha value is -1.14. The van der Waals surface area contributed by atoms with Gasteiger partial charge in [0.1, 0.15) is 11.6 Å². The normalized spacial score (nSPS) is 14.1. The molecule has 1 aromatic heterocycles. The van der Waals surface area contributed by atoms with E-state index in [0.717, 1.165) is 0 Å². The second-order valence-electron chi connectivity index (χ2n) is 4.32. The molecule has 2 aromatic rings. The molecule has 0 bridgehead atoms. The molecule has 0 aliphatic carbocycles. The highest BCUT2D eigenvalue weighted by molar-refractivity contribution is 7.10. The van der Waals surface area contributed by atoms with Gasteiger partial charge in [0.05, 0.1) is 18.2 Å². The number of benzene rings is 1. The molecule has 3 N–H and O–H groups in total. The standard InChI is InChI=1S/C14H15ClFNO2S/c1-19-8-5-12(20-7-8)14(18)10(6-17)9-3-2-4-11(15)13(9)16/h2-5,7,10,14,18H,6,17H2,1H3. The molecule has 0 aliphatic rings. The molecule has 1 aromatic carbocycles. The Morgan fingerprint density at radius 3 is 2.85 bits per heavy atom. The number of aliphatic hydroxyl groups excluding tert-OH is 1. The first-order valence-corrected chi connectivity index (χ1v) is 7.28. The molecule has 0 saturated heterocycles. The predicted octanol–water partition coefficient (Wildman–Crippen LogP) is 3.33. The molecular formula is C14H15ClFNO2S. The minimum Gasteiger partial charge on any atom is -0.496 e. The molecule has 0 amide bonds. The van der Waals surface area contributed by atoms with Gasteiger partial charge in [-0.05, 0) is 17.7 Å². The fourth-order valence-corrected chi connectivity index (χ4v) is 3.11. The summed E-state index contributed by atoms with van der Waals surface area (Å²) < 4.78 is 19.1. The quantitative estimate of drug-likeness (QED) is 0.890. The maximum atomic E-state index is 14.1. The Labute approximate surface area is 125 Å². The number of aliphatic hydroxyl groups is 1. The molecule has 1 heterocycles. The first-order chi connectivity index (χ1) is 9.58. The average Bonchev–Trinajstić information content (AvgIpc) is 2.93. The fraction of sp³-hybridized carbons (Fsp3) is 0.286. The molecule has 0 fully saturated rings. The second-order valence-corrected chi connectivity index (χ2v) is 5.67. The van der Waals surface area contributed by atoms with Crippen LogP contribution in [-0.2, 0) is 0 Å². The van der Waals surface area contributed by atoms with Gasteiger partial charge in [0.2, 0.25) is 0 Å². The zero-order chi connectivity index (χ0) is 14.7. The molecule has 2 unspecified atom stereocenters. The third-order valence-corrected chi connectivity index (χ3v) is 4.41. The van der Waals surface area contributed by atoms with Crippen LogP contribution >= 0.6 is 22.9 Å². The molecule has 0 saturated carbocycles. The third kappa shape index (κ3) is 2.96. The summed E-state index contributed by atoms with van der Waals surface area (Å²) in [6, 6.07) is 6.42. The SMILES string of the molecule is COc1csc(C(O)C(CN)c2cccc(Cl)c2F)c1. The predicted molar refractivity (Wildman–Crippen MR) is 79.0 cm³/mol. The highest BCUT2D eigenvalue weighted by Gasteiger charge is 2.26. The molecule has 0 aliphatic heterocycles. The van der Waals surface area contributed by atoms with Gasteiger partial charge in [0.25, 0.3) is 0 Å². The van der Waals surface area contributed by atoms with Crippen molar-refractivity contribution < 1.29 is 14.2 Å². The van der Waals surface area contributed by atoms with Crippen molar-refractivity contribution in [3.05, 3.63) is 50.9 Å². The highest BCUT2D eigenvalue weighted by Crippen LogP contribution is 2.37. The number of hydrogen-bond acceptors (Lipinski definition) is 4. The van der Waals surface area contributed by atoms with E-state index in [1.54, 1.807) is 30.7 Å². The molecule has 0 spiro atoms. The van der Waals surface area contributed by atoms with E-state index >= 15 is 0 Å². The number of methoxy groups -OCH3 is 1. The van der Waals surface area contributed by atoms with Crippen LogP contribution in [0.5, 0.6) is 5.75 Å². The number of halogens is 2. The summed E-state index contributed by atoms with van der Waals surface area (Å²) in [5.41, 5.74) is 6.02. The van der Waals surface area contributed by atoms with E-state index in [0.29, 0.717) is 16.2 Å². The first kappa shape index (κ1) is 15.3. The number of ether oxygens (including phenoxy) is 1. The summed E-state index contributed by atoms with van der Waals surface area (Å²) in [7, 11) is 1.55. The van der Waals surface area contributed by atoms with Crippen LogP contribution in [0.4, 0.5) is 4.39 Å². The maximum absolute atomic E-state index is 14.1. The average molecular weight is 316 g/mol. The monoisotopic (exact) mass is 315 g/mol. The van der Waals surface area contributed by atoms with Crippen molar-refractivity contribution in [2.75, 3.05) is 13.7 Å². The highest BCUT2D eigenvalue weighted by atomic mass is 35.5. The van der Waals surface area contributed by atoms with Crippen LogP contribution in [0.2, 0.25) is 5.02 Å². The lowest BCUT2D eigenvalue weighted by molar-refractivity contribution is 0.149. The number of rotatable bonds is 5. The summed E-state index contributed by atoms with van der Waals surface area (Å²) in [6.45, 7) is 0.110. The van der Waals surface area contributed by atoms with Crippen LogP contribution in [0.3, 0.4) is 0 Å². The van der Waals surface area contributed by atoms with E-state index < -0.39 is 17.8 Å². The number of thiophene rings is 1. The smallest absolute Gasteiger partial charge is 0.145 e. The number of hydrogen-bond donors (Lipinski definition) is 2. The Bertz CT molecular complexity index is 590. The minimum atomic E-state index is -0.901. The topological polar surface area (TPSA) is 55.5 Å². The Balaban J connectivity index is 2.34. The van der Waals surface area contributed by atoms with Crippen molar-refractivity contribution in [3.8, 4) is 5.75 Å². The summed E-state index contributed by atoms with van der Waals surface area (Å²) in [6.07, 6.45) is -0.901. The van der Waals surface area contributed by atoms with Crippen LogP contribution in [-0.4, -0.2) is 18.8 Å². The fourth-order valence-electron chi connectivity index (χ4n) is 2.03. The van der Waals surface area contributed by atoms with Crippen LogP contribution in [0.15, 0.2) is 29.6 Å². The molecule has 3 nitrogen and oxygen atoms in total. The van der Waals surface area contributed by atoms with Crippen LogP contribution in [0, 0.1) is 5.82 Å². The third-order valence-electron chi connectivity index (χ3n) is 3.14. The van der Waals surface area contributed by atoms with Gasteiger partial charge in [-0.1, -0.05) is 23.7 Å². The summed E-state index contributed by atoms with van der Waals surface area (Å²) in [5.74, 6) is -0.435. The van der Waals surface area contributed by atoms with Crippen molar-refractivity contribution >= 4 is 22.9 Å². The van der Waals surface area contributed by atoms with Crippen molar-refractivity contribution in [1.29, 1.82) is 0 Å². The first-order valence-electron chi connectivity index (χ1n) is 6.03. The molecule has 20 heavy (non-hydrogen) atoms. The van der Waals surface area contributed by atoms with Crippen LogP contribution in [0.1, 0.15) is 22.5 Å². The van der Waals surface area contributed by atoms with E-state index in [1.807, 2.05) is 0 Å². The Kier molecular flexibility index (Phi) is 4.99. The lowest BCUT2D eigenvalue weighted by atomic mass is 9.92. The minimum absolute atomic E-state index is 0.0249. The van der Waals surface area contributed by atoms with Gasteiger partial charge in [-0.25, -0.2) is 4.39 Å². The van der Waals surface area contributed by atoms with E-state index in [-0.39, 0.29) is 11.6 Å². The summed E-state index contributed by atoms with van der Waals surface area (Å²) in [4.78, 5) is 0.677. The largest absolute Gasteiger partial charge is 0.496 e. The van der Waals surface area contributed by atoms with Gasteiger partial charge in [-0.2, -0.15) is 0 Å². The van der Waals surface area contributed by atoms with E-state index in [4.69, 9.17) is 22.1 Å². The lowest BCUT2D eigenvalue weighted by Gasteiger charge is -2.21. The number of nitrogens with two attached hydrogens (primary N) is 1. The van der Waals surface area contributed by atoms with Gasteiger partial charge in [-0.15, -0.1) is 11.3 Å². The molecule has 108 valence electrons. The molecule has 0 radical (unpaired) electrons. The zero-order valence-electron chi connectivity index (χ0n) is 10.8. The summed E-state index contributed by atoms with van der Waals surface area (Å²) in [5, 5.41) is 12.2. The molecule has 6 heteroatoms. The maximum Gasteiger partial charge on any atom is 0.145 e. The molecule has 2 atom stereocenters. The Morgan fingerprint density at radius 1 is 1.50 bits per heavy atom. The van der Waals surface area contributed by atoms with E-state index in [2.05, 4.69) is 0 Å². The van der Waals surface area contributed by atoms with Gasteiger partial charge < -0.3 is 15.6 Å². The molecule has 2 rings (SSSR count). The van der Waals surface area contributed by atoms with E-state index in [1.165, 1.54) is 17.4 Å². The second kappa shape index (κ2) is 6.54. The van der Waals surface area contributed by atoms with Gasteiger partial charge in [-0.3, -0.25) is 0 Å². The van der Waals surface area contributed by atoms with Crippen molar-refractivity contribution in [2.45, 2.75) is 12.0 Å². The zero-order valence-corrected chi connectivity index (χ0v) is 12.4. The van der Waals surface area contributed by atoms with E-state index in [9.17, 15) is 9.50 Å². The Morgan fingerprint density at radius 2 is 2.25 bits per heavy atom. The molecular weight excluding hydrogens is 301 g/mol. The van der Waals surface area contributed by atoms with Gasteiger partial charge >= 0.3 is 0 Å².